The summed E-state index contributed by atoms with van der Waals surface area (Å²) in [5.74, 6) is 0.263. The van der Waals surface area contributed by atoms with E-state index in [0.29, 0.717) is 18.7 Å². The molecule has 1 aliphatic carbocycles. The molecule has 1 amide bonds. The van der Waals surface area contributed by atoms with Gasteiger partial charge in [0, 0.05) is 31.3 Å². The summed E-state index contributed by atoms with van der Waals surface area (Å²) in [5, 5.41) is 14.3. The lowest BCUT2D eigenvalue weighted by Gasteiger charge is -2.31. The van der Waals surface area contributed by atoms with Crippen LogP contribution in [0.4, 0.5) is 10.5 Å². The van der Waals surface area contributed by atoms with E-state index in [0.717, 1.165) is 31.2 Å². The van der Waals surface area contributed by atoms with Crippen molar-refractivity contribution in [1.82, 2.24) is 9.62 Å². The fourth-order valence-electron chi connectivity index (χ4n) is 5.42. The van der Waals surface area contributed by atoms with Crippen LogP contribution in [0.5, 0.6) is 0 Å². The number of nitrogens with two attached hydrogens (primary N) is 1. The second-order valence-electron chi connectivity index (χ2n) is 10.8. The molecule has 4 N–H and O–H groups in total. The molecule has 1 heterocycles. The van der Waals surface area contributed by atoms with Crippen LogP contribution in [0.1, 0.15) is 45.1 Å². The molecule has 0 radical (unpaired) electrons. The van der Waals surface area contributed by atoms with Gasteiger partial charge in [-0.25, -0.2) is 13.2 Å². The summed E-state index contributed by atoms with van der Waals surface area (Å²) in [4.78, 5) is 13.1. The van der Waals surface area contributed by atoms with Crippen molar-refractivity contribution in [2.45, 2.75) is 75.2 Å². The summed E-state index contributed by atoms with van der Waals surface area (Å²) >= 11 is 0. The van der Waals surface area contributed by atoms with Crippen LogP contribution < -0.4 is 11.1 Å². The van der Waals surface area contributed by atoms with E-state index in [-0.39, 0.29) is 42.0 Å². The number of sulfonamides is 1. The predicted molar refractivity (Wildman–Crippen MR) is 149 cm³/mol. The largest absolute Gasteiger partial charge is 0.446 e. The number of fused-ring (bicyclic) bond motifs is 1. The van der Waals surface area contributed by atoms with Gasteiger partial charge in [-0.1, -0.05) is 50.6 Å². The number of carbonyl (C=O) groups excluding carboxylic acids is 1. The Bertz CT molecular complexity index is 1180. The van der Waals surface area contributed by atoms with Gasteiger partial charge in [-0.2, -0.15) is 4.31 Å². The van der Waals surface area contributed by atoms with Gasteiger partial charge in [-0.3, -0.25) is 0 Å². The number of hydrogen-bond acceptors (Lipinski definition) is 7. The molecule has 214 valence electrons. The summed E-state index contributed by atoms with van der Waals surface area (Å²) in [5.41, 5.74) is 7.14. The molecule has 39 heavy (non-hydrogen) atoms. The average molecular weight is 560 g/mol. The highest BCUT2D eigenvalue weighted by Gasteiger charge is 2.43. The van der Waals surface area contributed by atoms with Crippen molar-refractivity contribution in [1.29, 1.82) is 0 Å². The molecular formula is C29H41N3O6S. The maximum Gasteiger partial charge on any atom is 0.407 e. The first-order valence-corrected chi connectivity index (χ1v) is 15.3. The number of nitrogens with one attached hydrogen (secondary N) is 1. The van der Waals surface area contributed by atoms with Crippen molar-refractivity contribution in [2.75, 3.05) is 25.4 Å². The van der Waals surface area contributed by atoms with Gasteiger partial charge >= 0.3 is 6.09 Å². The third-order valence-corrected chi connectivity index (χ3v) is 9.77. The molecule has 2 aromatic rings. The fraction of sp³-hybridized carbons (Fsp3) is 0.552. The number of anilines is 1. The molecule has 2 fully saturated rings. The molecule has 9 nitrogen and oxygen atoms in total. The minimum absolute atomic E-state index is 0.0650. The molecule has 6 atom stereocenters. The van der Waals surface area contributed by atoms with Crippen molar-refractivity contribution in [3.05, 3.63) is 60.2 Å². The third kappa shape index (κ3) is 7.51. The number of carbonyl (C=O) groups is 1. The Morgan fingerprint density at radius 3 is 2.54 bits per heavy atom. The number of benzene rings is 2. The number of nitrogen functional groups attached to an aromatic ring is 1. The smallest absolute Gasteiger partial charge is 0.407 e. The number of hydrogen-bond donors (Lipinski definition) is 3. The van der Waals surface area contributed by atoms with E-state index in [1.165, 1.54) is 16.4 Å². The molecular weight excluding hydrogens is 518 g/mol. The average Bonchev–Trinajstić information content (AvgIpc) is 3.54. The Balaban J connectivity index is 1.52. The van der Waals surface area contributed by atoms with E-state index in [9.17, 15) is 18.3 Å². The first-order valence-electron chi connectivity index (χ1n) is 13.8. The lowest BCUT2D eigenvalue weighted by Crippen LogP contribution is -2.51. The van der Waals surface area contributed by atoms with E-state index in [4.69, 9.17) is 15.2 Å². The fourth-order valence-corrected chi connectivity index (χ4v) is 7.00. The molecule has 2 aromatic carbocycles. The monoisotopic (exact) mass is 559 g/mol. The van der Waals surface area contributed by atoms with Crippen LogP contribution in [-0.2, 0) is 25.9 Å². The highest BCUT2D eigenvalue weighted by Crippen LogP contribution is 2.37. The summed E-state index contributed by atoms with van der Waals surface area (Å²) < 4.78 is 40.1. The van der Waals surface area contributed by atoms with Gasteiger partial charge in [-0.05, 0) is 61.4 Å². The zero-order valence-electron chi connectivity index (χ0n) is 22.7. The van der Waals surface area contributed by atoms with Gasteiger partial charge in [0.2, 0.25) is 10.0 Å². The summed E-state index contributed by atoms with van der Waals surface area (Å²) in [6.45, 7) is 4.69. The van der Waals surface area contributed by atoms with Crippen molar-refractivity contribution in [3.63, 3.8) is 0 Å². The van der Waals surface area contributed by atoms with Gasteiger partial charge < -0.3 is 25.6 Å². The van der Waals surface area contributed by atoms with Crippen LogP contribution in [0.25, 0.3) is 0 Å². The van der Waals surface area contributed by atoms with E-state index in [1.807, 2.05) is 44.2 Å². The SMILES string of the molecule is CC[C@H](C)CN(C[C@@H](O)[C@H](Cc1ccccc1)NC(=O)O[C@H]1CC[C@H]2OCC[C@@H]12)S(=O)(=O)c1ccc(N)cc1. The summed E-state index contributed by atoms with van der Waals surface area (Å²) in [6.07, 6.45) is 1.70. The molecule has 4 rings (SSSR count). The molecule has 0 unspecified atom stereocenters. The number of amides is 1. The topological polar surface area (TPSA) is 131 Å². The zero-order valence-corrected chi connectivity index (χ0v) is 23.6. The Kier molecular flexibility index (Phi) is 9.87. The van der Waals surface area contributed by atoms with Gasteiger partial charge in [-0.15, -0.1) is 0 Å². The Hall–Kier alpha value is -2.66. The zero-order chi connectivity index (χ0) is 28.0. The van der Waals surface area contributed by atoms with Crippen LogP contribution in [0, 0.1) is 11.8 Å². The Morgan fingerprint density at radius 1 is 1.13 bits per heavy atom. The predicted octanol–water partition coefficient (Wildman–Crippen LogP) is 3.57. The van der Waals surface area contributed by atoms with E-state index in [1.54, 1.807) is 12.1 Å². The summed E-state index contributed by atoms with van der Waals surface area (Å²) in [6, 6.07) is 14.7. The number of rotatable bonds is 12. The standard InChI is InChI=1S/C29H41N3O6S/c1-3-20(2)18-32(39(35,36)23-11-9-22(30)10-12-23)19-26(33)25(17-21-7-5-4-6-8-21)31-29(34)38-28-14-13-27-24(28)15-16-37-27/h4-12,20,24-28,33H,3,13-19,30H2,1-2H3,(H,31,34)/t20-,24+,25-,26+,27+,28-/m0/s1. The quantitative estimate of drug-likeness (QED) is 0.339. The van der Waals surface area contributed by atoms with Crippen LogP contribution in [0.15, 0.2) is 59.5 Å². The Labute approximate surface area is 231 Å². The maximum absolute atomic E-state index is 13.6. The number of aliphatic hydroxyl groups excluding tert-OH is 1. The normalized spacial score (nSPS) is 23.2. The Morgan fingerprint density at radius 2 is 1.85 bits per heavy atom. The first-order chi connectivity index (χ1) is 18.7. The van der Waals surface area contributed by atoms with Crippen molar-refractivity contribution in [2.24, 2.45) is 11.8 Å². The number of nitrogens with zero attached hydrogens (tertiary/aromatic N) is 1. The highest BCUT2D eigenvalue weighted by molar-refractivity contribution is 7.89. The van der Waals surface area contributed by atoms with Crippen LogP contribution >= 0.6 is 0 Å². The lowest BCUT2D eigenvalue weighted by atomic mass is 10.0. The highest BCUT2D eigenvalue weighted by atomic mass is 32.2. The lowest BCUT2D eigenvalue weighted by molar-refractivity contribution is 0.0496. The third-order valence-electron chi connectivity index (χ3n) is 7.92. The van der Waals surface area contributed by atoms with Gasteiger partial charge in [0.25, 0.3) is 0 Å². The molecule has 1 aliphatic heterocycles. The first kappa shape index (κ1) is 29.3. The second kappa shape index (κ2) is 13.1. The number of aliphatic hydroxyl groups is 1. The van der Waals surface area contributed by atoms with Crippen LogP contribution in [-0.4, -0.2) is 68.0 Å². The minimum Gasteiger partial charge on any atom is -0.446 e. The van der Waals surface area contributed by atoms with Crippen molar-refractivity contribution < 1.29 is 27.8 Å². The van der Waals surface area contributed by atoms with Crippen LogP contribution in [0.2, 0.25) is 0 Å². The molecule has 1 saturated heterocycles. The number of alkyl carbamates (subject to hydrolysis) is 1. The molecule has 2 aliphatic rings. The molecule has 0 bridgehead atoms. The molecule has 1 saturated carbocycles. The van der Waals surface area contributed by atoms with E-state index in [2.05, 4.69) is 5.32 Å². The molecule has 0 spiro atoms. The van der Waals surface area contributed by atoms with Crippen LogP contribution in [0.3, 0.4) is 0 Å². The number of ether oxygens (including phenoxy) is 2. The van der Waals surface area contributed by atoms with Crippen molar-refractivity contribution >= 4 is 21.8 Å². The maximum atomic E-state index is 13.6. The van der Waals surface area contributed by atoms with Gasteiger partial charge in [0.15, 0.2) is 0 Å². The van der Waals surface area contributed by atoms with Gasteiger partial charge in [0.05, 0.1) is 23.1 Å². The van der Waals surface area contributed by atoms with E-state index < -0.39 is 28.3 Å². The van der Waals surface area contributed by atoms with Crippen molar-refractivity contribution in [3.8, 4) is 0 Å². The second-order valence-corrected chi connectivity index (χ2v) is 12.7. The molecule has 0 aromatic heterocycles. The van der Waals surface area contributed by atoms with E-state index >= 15 is 0 Å². The summed E-state index contributed by atoms with van der Waals surface area (Å²) in [7, 11) is -3.92. The minimum atomic E-state index is -3.92. The molecule has 10 heteroatoms. The van der Waals surface area contributed by atoms with Gasteiger partial charge in [0.1, 0.15) is 6.10 Å².